The number of para-hydroxylation sites is 1. The molecular weight excluding hydrogens is 362 g/mol. The molecule has 0 radical (unpaired) electrons. The number of nitrogens with one attached hydrogen (secondary N) is 1. The number of ether oxygens (including phenoxy) is 1. The Balaban J connectivity index is 1.61. The molecule has 3 aromatic rings. The number of nitrogens with zero attached hydrogens (tertiary/aromatic N) is 2. The Morgan fingerprint density at radius 1 is 1.15 bits per heavy atom. The van der Waals surface area contributed by atoms with Crippen molar-refractivity contribution in [2.45, 2.75) is 36.8 Å². The van der Waals surface area contributed by atoms with Crippen molar-refractivity contribution in [3.8, 4) is 5.75 Å². The third-order valence-electron chi connectivity index (χ3n) is 4.80. The molecule has 1 aromatic heterocycles. The molecule has 0 aliphatic heterocycles. The fourth-order valence-electron chi connectivity index (χ4n) is 3.02. The van der Waals surface area contributed by atoms with Gasteiger partial charge in [0.05, 0.1) is 16.5 Å². The summed E-state index contributed by atoms with van der Waals surface area (Å²) in [6.07, 6.45) is 6.41. The molecule has 1 saturated carbocycles. The minimum Gasteiger partial charge on any atom is -0.490 e. The summed E-state index contributed by atoms with van der Waals surface area (Å²) in [5, 5.41) is 3.98. The molecule has 0 amide bonds. The molecule has 140 valence electrons. The Kier molecular flexibility index (Phi) is 4.70. The fourth-order valence-corrected chi connectivity index (χ4v) is 3.67. The van der Waals surface area contributed by atoms with Crippen LogP contribution in [0.25, 0.3) is 10.9 Å². The van der Waals surface area contributed by atoms with Crippen LogP contribution in [0.5, 0.6) is 5.75 Å². The first-order chi connectivity index (χ1) is 13.0. The highest BCUT2D eigenvalue weighted by Gasteiger charge is 2.20. The van der Waals surface area contributed by atoms with E-state index in [0.717, 1.165) is 24.2 Å². The zero-order chi connectivity index (χ0) is 18.9. The van der Waals surface area contributed by atoms with Crippen LogP contribution in [0.2, 0.25) is 0 Å². The molecule has 0 bridgehead atoms. The van der Waals surface area contributed by atoms with E-state index in [0.29, 0.717) is 29.4 Å². The van der Waals surface area contributed by atoms with Crippen LogP contribution >= 0.6 is 0 Å². The number of sulfone groups is 1. The van der Waals surface area contributed by atoms with E-state index in [4.69, 9.17) is 4.74 Å². The molecule has 6 nitrogen and oxygen atoms in total. The Morgan fingerprint density at radius 3 is 2.70 bits per heavy atom. The number of fused-ring (bicyclic) bond motifs is 1. The Morgan fingerprint density at radius 2 is 1.96 bits per heavy atom. The Labute approximate surface area is 158 Å². The van der Waals surface area contributed by atoms with Crippen molar-refractivity contribution in [3.05, 3.63) is 54.4 Å². The number of hydrogen-bond donors (Lipinski definition) is 1. The van der Waals surface area contributed by atoms with Crippen molar-refractivity contribution in [2.24, 2.45) is 0 Å². The first kappa shape index (κ1) is 17.7. The van der Waals surface area contributed by atoms with Crippen molar-refractivity contribution in [1.29, 1.82) is 0 Å². The number of anilines is 1. The van der Waals surface area contributed by atoms with Crippen LogP contribution in [-0.4, -0.2) is 30.7 Å². The summed E-state index contributed by atoms with van der Waals surface area (Å²) in [6.45, 7) is 0.526. The third-order valence-corrected chi connectivity index (χ3v) is 5.91. The molecule has 0 unspecified atom stereocenters. The average Bonchev–Trinajstić information content (AvgIpc) is 2.62. The average molecular weight is 383 g/mol. The summed E-state index contributed by atoms with van der Waals surface area (Å²) in [5.74, 6) is 1.48. The molecule has 1 aliphatic carbocycles. The lowest BCUT2D eigenvalue weighted by molar-refractivity contribution is 0.119. The van der Waals surface area contributed by atoms with Gasteiger partial charge in [-0.15, -0.1) is 0 Å². The van der Waals surface area contributed by atoms with E-state index in [1.165, 1.54) is 19.0 Å². The van der Waals surface area contributed by atoms with Gasteiger partial charge in [-0.25, -0.2) is 18.4 Å². The summed E-state index contributed by atoms with van der Waals surface area (Å²) in [4.78, 5) is 8.78. The molecule has 0 saturated heterocycles. The second-order valence-electron chi connectivity index (χ2n) is 6.81. The molecular formula is C20H21N3O3S. The minimum absolute atomic E-state index is 0.251. The monoisotopic (exact) mass is 383 g/mol. The van der Waals surface area contributed by atoms with Gasteiger partial charge in [0, 0.05) is 23.8 Å². The molecule has 0 spiro atoms. The van der Waals surface area contributed by atoms with Gasteiger partial charge in [-0.2, -0.15) is 0 Å². The van der Waals surface area contributed by atoms with Gasteiger partial charge in [0.15, 0.2) is 9.84 Å². The predicted octanol–water partition coefficient (Wildman–Crippen LogP) is 3.58. The van der Waals surface area contributed by atoms with Crippen LogP contribution in [0.15, 0.2) is 53.7 Å². The van der Waals surface area contributed by atoms with Crippen LogP contribution in [0.3, 0.4) is 0 Å². The Bertz CT molecular complexity index is 1080. The maximum atomic E-state index is 11.9. The van der Waals surface area contributed by atoms with Gasteiger partial charge in [0.1, 0.15) is 17.9 Å². The van der Waals surface area contributed by atoms with Crippen LogP contribution < -0.4 is 10.1 Å². The van der Waals surface area contributed by atoms with Gasteiger partial charge in [0.25, 0.3) is 0 Å². The summed E-state index contributed by atoms with van der Waals surface area (Å²) in [6, 6.07) is 12.8. The zero-order valence-electron chi connectivity index (χ0n) is 15.1. The predicted molar refractivity (Wildman–Crippen MR) is 105 cm³/mol. The first-order valence-electron chi connectivity index (χ1n) is 8.94. The van der Waals surface area contributed by atoms with E-state index in [1.54, 1.807) is 18.2 Å². The van der Waals surface area contributed by atoms with Gasteiger partial charge in [0.2, 0.25) is 0 Å². The second kappa shape index (κ2) is 7.15. The largest absolute Gasteiger partial charge is 0.490 e. The van der Waals surface area contributed by atoms with Gasteiger partial charge >= 0.3 is 0 Å². The number of hydrogen-bond acceptors (Lipinski definition) is 6. The number of rotatable bonds is 6. The number of benzene rings is 2. The second-order valence-corrected chi connectivity index (χ2v) is 8.82. The van der Waals surface area contributed by atoms with Crippen LogP contribution in [-0.2, 0) is 16.4 Å². The Hall–Kier alpha value is -2.67. The van der Waals surface area contributed by atoms with Crippen molar-refractivity contribution >= 4 is 26.6 Å². The molecule has 1 heterocycles. The SMILES string of the molecule is CS(=O)(=O)c1ccc2ncnc(NCc3ccccc3OC3CCC3)c2c1. The molecule has 4 rings (SSSR count). The van der Waals surface area contributed by atoms with E-state index >= 15 is 0 Å². The summed E-state index contributed by atoms with van der Waals surface area (Å²) >= 11 is 0. The highest BCUT2D eigenvalue weighted by atomic mass is 32.2. The van der Waals surface area contributed by atoms with Crippen LogP contribution in [0.1, 0.15) is 24.8 Å². The van der Waals surface area contributed by atoms with Gasteiger partial charge < -0.3 is 10.1 Å². The van der Waals surface area contributed by atoms with E-state index in [9.17, 15) is 8.42 Å². The van der Waals surface area contributed by atoms with Gasteiger partial charge in [-0.1, -0.05) is 18.2 Å². The molecule has 2 aromatic carbocycles. The third kappa shape index (κ3) is 3.88. The van der Waals surface area contributed by atoms with Crippen LogP contribution in [0, 0.1) is 0 Å². The van der Waals surface area contributed by atoms with Crippen molar-refractivity contribution in [1.82, 2.24) is 9.97 Å². The quantitative estimate of drug-likeness (QED) is 0.701. The van der Waals surface area contributed by atoms with E-state index in [2.05, 4.69) is 15.3 Å². The summed E-state index contributed by atoms with van der Waals surface area (Å²) in [7, 11) is -3.30. The maximum absolute atomic E-state index is 11.9. The lowest BCUT2D eigenvalue weighted by Gasteiger charge is -2.27. The smallest absolute Gasteiger partial charge is 0.175 e. The molecule has 27 heavy (non-hydrogen) atoms. The number of aromatic nitrogens is 2. The normalized spacial score (nSPS) is 14.7. The molecule has 0 atom stereocenters. The van der Waals surface area contributed by atoms with E-state index in [-0.39, 0.29) is 4.90 Å². The van der Waals surface area contributed by atoms with Crippen molar-refractivity contribution < 1.29 is 13.2 Å². The highest BCUT2D eigenvalue weighted by molar-refractivity contribution is 7.90. The van der Waals surface area contributed by atoms with Crippen molar-refractivity contribution in [2.75, 3.05) is 11.6 Å². The van der Waals surface area contributed by atoms with Crippen LogP contribution in [0.4, 0.5) is 5.82 Å². The molecule has 1 aliphatic rings. The standard InChI is InChI=1S/C20H21N3O3S/c1-27(24,25)16-9-10-18-17(11-16)20(23-13-22-18)21-12-14-5-2-3-8-19(14)26-15-6-4-7-15/h2-3,5,8-11,13,15H,4,6-7,12H2,1H3,(H,21,22,23). The first-order valence-corrected chi connectivity index (χ1v) is 10.8. The van der Waals surface area contributed by atoms with Crippen molar-refractivity contribution in [3.63, 3.8) is 0 Å². The minimum atomic E-state index is -3.30. The summed E-state index contributed by atoms with van der Waals surface area (Å²) < 4.78 is 29.8. The lowest BCUT2D eigenvalue weighted by Crippen LogP contribution is -2.25. The molecule has 7 heteroatoms. The lowest BCUT2D eigenvalue weighted by atomic mass is 9.96. The fraction of sp³-hybridized carbons (Fsp3) is 0.300. The topological polar surface area (TPSA) is 81.2 Å². The molecule has 1 N–H and O–H groups in total. The van der Waals surface area contributed by atoms with E-state index in [1.807, 2.05) is 24.3 Å². The van der Waals surface area contributed by atoms with Gasteiger partial charge in [-0.05, 0) is 43.5 Å². The summed E-state index contributed by atoms with van der Waals surface area (Å²) in [5.41, 5.74) is 1.73. The van der Waals surface area contributed by atoms with Gasteiger partial charge in [-0.3, -0.25) is 0 Å². The highest BCUT2D eigenvalue weighted by Crippen LogP contribution is 2.29. The van der Waals surface area contributed by atoms with E-state index < -0.39 is 9.84 Å². The zero-order valence-corrected chi connectivity index (χ0v) is 15.9. The maximum Gasteiger partial charge on any atom is 0.175 e. The molecule has 1 fully saturated rings.